The number of nitrogens with zero attached hydrogens (tertiary/aromatic N) is 1. The van der Waals surface area contributed by atoms with Gasteiger partial charge in [-0.05, 0) is 72.8 Å². The van der Waals surface area contributed by atoms with Crippen LogP contribution in [0.4, 0.5) is 4.79 Å². The minimum atomic E-state index is -4.38. The molecule has 6 fully saturated rings. The SMILES string of the molecule is C=C[C@@H]1C[C@]1(NC(=O)[C@@H]1C[C@@]2(CN1C(=O)[C@@H](NC(=O)[C@@H](NC(=O)OC1CCOCC1)C1CCCCC1)C(C)(C)C)C(C)(C)C21CCC1)C(=O)NS(=O)(=O)c1cccc2cc[nH]c12. The molecule has 1 aromatic heterocycles. The Morgan fingerprint density at radius 3 is 2.27 bits per heavy atom. The number of alkyl carbamates (subject to hydrolysis) is 1. The van der Waals surface area contributed by atoms with E-state index in [0.717, 1.165) is 51.4 Å². The lowest BCUT2D eigenvalue weighted by Crippen LogP contribution is -2.62. The van der Waals surface area contributed by atoms with E-state index >= 15 is 4.79 Å². The minimum Gasteiger partial charge on any atom is -0.446 e. The number of aromatic amines is 1. The van der Waals surface area contributed by atoms with Crippen molar-refractivity contribution in [3.05, 3.63) is 43.1 Å². The molecule has 0 radical (unpaired) electrons. The number of carbonyl (C=O) groups excluding carboxylic acids is 5. The summed E-state index contributed by atoms with van der Waals surface area (Å²) >= 11 is 0. The summed E-state index contributed by atoms with van der Waals surface area (Å²) in [4.78, 5) is 76.5. The summed E-state index contributed by atoms with van der Waals surface area (Å²) < 4.78 is 40.8. The van der Waals surface area contributed by atoms with Gasteiger partial charge in [0.1, 0.15) is 34.7 Å². The highest BCUT2D eigenvalue weighted by Gasteiger charge is 2.85. The van der Waals surface area contributed by atoms with Gasteiger partial charge >= 0.3 is 6.09 Å². The Morgan fingerprint density at radius 2 is 1.66 bits per heavy atom. The predicted octanol–water partition coefficient (Wildman–Crippen LogP) is 5.22. The number of carbonyl (C=O) groups is 5. The number of likely N-dealkylation sites (tertiary alicyclic amines) is 1. The molecule has 0 bridgehead atoms. The number of nitrogens with one attached hydrogen (secondary N) is 5. The highest BCUT2D eigenvalue weighted by molar-refractivity contribution is 7.90. The van der Waals surface area contributed by atoms with Gasteiger partial charge in [0.15, 0.2) is 0 Å². The van der Waals surface area contributed by atoms with Crippen molar-refractivity contribution in [3.63, 3.8) is 0 Å². The standard InChI is InChI=1S/C46H64N6O9S/c1-7-30-25-46(30,40(56)51-62(58,59)33-16-11-15-29-17-22-47-34(29)33)50-37(53)32-26-45(43(5,6)44(45)20-12-21-44)27-52(32)39(55)36(42(2,3)4)49-38(54)35(28-13-9-8-10-14-28)48-41(57)61-31-18-23-60-24-19-31/h7,11,15-17,22,28,30-32,35-36,47H,1,8-10,12-14,18-21,23-27H2,2-6H3,(H,48,57)(H,49,54)(H,50,53)(H,51,56)/t30-,32+,35+,36-,45-,46-/m1/s1. The van der Waals surface area contributed by atoms with Gasteiger partial charge in [0.05, 0.1) is 18.7 Å². The van der Waals surface area contributed by atoms with E-state index in [9.17, 15) is 27.6 Å². The summed E-state index contributed by atoms with van der Waals surface area (Å²) in [6, 6.07) is 3.46. The molecule has 2 aromatic rings. The number of ether oxygens (including phenoxy) is 2. The molecule has 6 aliphatic rings. The predicted molar refractivity (Wildman–Crippen MR) is 231 cm³/mol. The molecule has 4 saturated carbocycles. The molecular formula is C46H64N6O9S. The van der Waals surface area contributed by atoms with E-state index in [1.165, 1.54) is 12.1 Å². The number of sulfonamides is 1. The summed E-state index contributed by atoms with van der Waals surface area (Å²) in [5, 5.41) is 9.55. The Hall–Kier alpha value is -4.44. The average molecular weight is 877 g/mol. The van der Waals surface area contributed by atoms with Gasteiger partial charge in [0, 0.05) is 42.3 Å². The van der Waals surface area contributed by atoms with Gasteiger partial charge in [-0.1, -0.05) is 78.5 Å². The molecule has 62 heavy (non-hydrogen) atoms. The van der Waals surface area contributed by atoms with E-state index in [1.54, 1.807) is 29.3 Å². The molecular weight excluding hydrogens is 813 g/mol. The summed E-state index contributed by atoms with van der Waals surface area (Å²) in [7, 11) is -4.38. The molecule has 16 heteroatoms. The Balaban J connectivity index is 1.05. The maximum Gasteiger partial charge on any atom is 0.408 e. The van der Waals surface area contributed by atoms with E-state index in [1.807, 2.05) is 20.8 Å². The van der Waals surface area contributed by atoms with Crippen molar-refractivity contribution < 1.29 is 41.9 Å². The average Bonchev–Trinajstić information content (AvgIpc) is 3.73. The number of H-pyrrole nitrogens is 1. The Labute approximate surface area is 364 Å². The van der Waals surface area contributed by atoms with Crippen LogP contribution in [-0.4, -0.2) is 97.6 Å². The normalized spacial score (nSPS) is 29.0. The van der Waals surface area contributed by atoms with Crippen molar-refractivity contribution in [2.45, 2.75) is 146 Å². The minimum absolute atomic E-state index is 0.0555. The molecule has 2 spiro atoms. The summed E-state index contributed by atoms with van der Waals surface area (Å²) in [6.07, 6.45) is 11.1. The van der Waals surface area contributed by atoms with Gasteiger partial charge in [0.2, 0.25) is 17.7 Å². The monoisotopic (exact) mass is 876 g/mol. The lowest BCUT2D eigenvalue weighted by molar-refractivity contribution is -0.145. The van der Waals surface area contributed by atoms with Crippen LogP contribution in [0.3, 0.4) is 0 Å². The summed E-state index contributed by atoms with van der Waals surface area (Å²) in [5.74, 6) is -3.06. The molecule has 5 N–H and O–H groups in total. The van der Waals surface area contributed by atoms with Crippen LogP contribution < -0.4 is 20.7 Å². The van der Waals surface area contributed by atoms with E-state index < -0.39 is 74.7 Å². The zero-order valence-corrected chi connectivity index (χ0v) is 37.6. The third kappa shape index (κ3) is 7.39. The van der Waals surface area contributed by atoms with E-state index in [-0.39, 0.29) is 39.6 Å². The van der Waals surface area contributed by atoms with Gasteiger partial charge in [0.25, 0.3) is 15.9 Å². The number of para-hydroxylation sites is 1. The molecule has 8 rings (SSSR count). The van der Waals surface area contributed by atoms with Crippen LogP contribution in [-0.2, 0) is 38.7 Å². The van der Waals surface area contributed by atoms with Crippen LogP contribution in [0.15, 0.2) is 48.0 Å². The van der Waals surface area contributed by atoms with Crippen molar-refractivity contribution >= 4 is 50.6 Å². The largest absolute Gasteiger partial charge is 0.446 e. The van der Waals surface area contributed by atoms with E-state index in [4.69, 9.17) is 9.47 Å². The molecule has 5 amide bonds. The maximum absolute atomic E-state index is 15.3. The first-order valence-electron chi connectivity index (χ1n) is 22.5. The molecule has 15 nitrogen and oxygen atoms in total. The summed E-state index contributed by atoms with van der Waals surface area (Å²) in [5.41, 5.74) is -2.70. The van der Waals surface area contributed by atoms with Crippen LogP contribution in [0.25, 0.3) is 10.9 Å². The molecule has 1 aromatic carbocycles. The topological polar surface area (TPSA) is 205 Å². The fourth-order valence-corrected chi connectivity index (χ4v) is 13.2. The maximum atomic E-state index is 15.3. The summed E-state index contributed by atoms with van der Waals surface area (Å²) in [6.45, 7) is 15.1. The highest BCUT2D eigenvalue weighted by Crippen LogP contribution is 2.88. The first-order chi connectivity index (χ1) is 29.3. The van der Waals surface area contributed by atoms with Crippen LogP contribution in [0.5, 0.6) is 0 Å². The van der Waals surface area contributed by atoms with Gasteiger partial charge in [-0.3, -0.25) is 19.2 Å². The number of fused-ring (bicyclic) bond motifs is 2. The van der Waals surface area contributed by atoms with E-state index in [0.29, 0.717) is 49.9 Å². The van der Waals surface area contributed by atoms with Gasteiger partial charge in [-0.25, -0.2) is 17.9 Å². The van der Waals surface area contributed by atoms with Crippen molar-refractivity contribution in [2.75, 3.05) is 19.8 Å². The van der Waals surface area contributed by atoms with Crippen molar-refractivity contribution in [1.29, 1.82) is 0 Å². The quantitative estimate of drug-likeness (QED) is 0.177. The van der Waals surface area contributed by atoms with E-state index in [2.05, 4.69) is 46.1 Å². The molecule has 6 atom stereocenters. The second-order valence-electron chi connectivity index (χ2n) is 20.5. The molecule has 3 heterocycles. The lowest BCUT2D eigenvalue weighted by Gasteiger charge is -2.38. The Kier molecular flexibility index (Phi) is 11.4. The zero-order chi connectivity index (χ0) is 44.5. The number of amides is 5. The van der Waals surface area contributed by atoms with Gasteiger partial charge < -0.3 is 35.3 Å². The van der Waals surface area contributed by atoms with Crippen molar-refractivity contribution in [1.82, 2.24) is 30.6 Å². The highest BCUT2D eigenvalue weighted by atomic mass is 32.2. The number of hydrogen-bond donors (Lipinski definition) is 5. The zero-order valence-electron chi connectivity index (χ0n) is 36.8. The number of aromatic nitrogens is 1. The third-order valence-electron chi connectivity index (χ3n) is 16.0. The molecule has 2 aliphatic heterocycles. The van der Waals surface area contributed by atoms with Crippen LogP contribution in [0, 0.1) is 33.5 Å². The Morgan fingerprint density at radius 1 is 0.952 bits per heavy atom. The fourth-order valence-electron chi connectivity index (χ4n) is 12.0. The van der Waals surface area contributed by atoms with Crippen LogP contribution in [0.2, 0.25) is 0 Å². The van der Waals surface area contributed by atoms with Gasteiger partial charge in [-0.15, -0.1) is 6.58 Å². The smallest absolute Gasteiger partial charge is 0.408 e. The molecule has 4 aliphatic carbocycles. The second kappa shape index (κ2) is 16.0. The number of benzene rings is 1. The number of rotatable bonds is 12. The lowest BCUT2D eigenvalue weighted by atomic mass is 9.73. The first-order valence-corrected chi connectivity index (χ1v) is 24.0. The molecule has 2 saturated heterocycles. The fraction of sp³-hybridized carbons (Fsp3) is 0.674. The van der Waals surface area contributed by atoms with Crippen molar-refractivity contribution in [2.24, 2.45) is 33.5 Å². The second-order valence-corrected chi connectivity index (χ2v) is 22.2. The van der Waals surface area contributed by atoms with Gasteiger partial charge in [-0.2, -0.15) is 0 Å². The number of hydrogen-bond acceptors (Lipinski definition) is 9. The molecule has 0 unspecified atom stereocenters. The third-order valence-corrected chi connectivity index (χ3v) is 17.4. The molecule has 338 valence electrons. The van der Waals surface area contributed by atoms with Crippen LogP contribution >= 0.6 is 0 Å². The first kappa shape index (κ1) is 44.2. The van der Waals surface area contributed by atoms with Crippen molar-refractivity contribution in [3.8, 4) is 0 Å². The van der Waals surface area contributed by atoms with Crippen LogP contribution in [0.1, 0.15) is 112 Å². The Bertz CT molecular complexity index is 2230.